The molecule has 0 saturated carbocycles. The molecule has 0 aliphatic heterocycles. The van der Waals surface area contributed by atoms with E-state index in [2.05, 4.69) is 0 Å². The van der Waals surface area contributed by atoms with Gasteiger partial charge in [0.15, 0.2) is 0 Å². The molecule has 0 aromatic carbocycles. The minimum absolute atomic E-state index is 0.246. The second kappa shape index (κ2) is 6.48. The summed E-state index contributed by atoms with van der Waals surface area (Å²) in [6, 6.07) is 2.93. The van der Waals surface area contributed by atoms with Crippen LogP contribution < -0.4 is 0 Å². The van der Waals surface area contributed by atoms with E-state index in [1.165, 1.54) is 12.1 Å². The Labute approximate surface area is 107 Å². The predicted molar refractivity (Wildman–Crippen MR) is 63.5 cm³/mol. The normalized spacial score (nSPS) is 13.9. The minimum atomic E-state index is -1.41. The predicted octanol–water partition coefficient (Wildman–Crippen LogP) is 0.794. The summed E-state index contributed by atoms with van der Waals surface area (Å²) >= 11 is 0.967. The van der Waals surface area contributed by atoms with Crippen LogP contribution in [-0.2, 0) is 9.53 Å². The lowest BCUT2D eigenvalue weighted by molar-refractivity contribution is -0.141. The van der Waals surface area contributed by atoms with E-state index in [1.807, 2.05) is 0 Å². The lowest BCUT2D eigenvalue weighted by Gasteiger charge is -2.14. The number of rotatable bonds is 6. The summed E-state index contributed by atoms with van der Waals surface area (Å²) in [5, 5.41) is 27.7. The lowest BCUT2D eigenvalue weighted by Crippen LogP contribution is -2.20. The third-order valence-electron chi connectivity index (χ3n) is 2.14. The van der Waals surface area contributed by atoms with Crippen LogP contribution in [0.15, 0.2) is 12.1 Å². The summed E-state index contributed by atoms with van der Waals surface area (Å²) in [5.74, 6) is -1.71. The van der Waals surface area contributed by atoms with Gasteiger partial charge in [0.1, 0.15) is 11.0 Å². The standard InChI is InChI=1S/C11H14O6S/c1-2-17-11(16)8-4-3-7(18-8)10(15)6(12)5-9(13)14/h3-4,6,10,12,15H,2,5H2,1H3,(H,13,14). The number of esters is 1. The van der Waals surface area contributed by atoms with Crippen molar-refractivity contribution in [3.63, 3.8) is 0 Å². The van der Waals surface area contributed by atoms with Crippen LogP contribution in [0.2, 0.25) is 0 Å². The number of carboxylic acids is 1. The van der Waals surface area contributed by atoms with Crippen LogP contribution in [0.3, 0.4) is 0 Å². The Kier molecular flexibility index (Phi) is 5.26. The average Bonchev–Trinajstić information content (AvgIpc) is 2.76. The molecular formula is C11H14O6S. The third kappa shape index (κ3) is 3.80. The van der Waals surface area contributed by atoms with Gasteiger partial charge in [-0.15, -0.1) is 11.3 Å². The topological polar surface area (TPSA) is 104 Å². The molecule has 0 saturated heterocycles. The van der Waals surface area contributed by atoms with Crippen molar-refractivity contribution in [2.24, 2.45) is 0 Å². The Morgan fingerprint density at radius 3 is 2.61 bits per heavy atom. The van der Waals surface area contributed by atoms with Crippen LogP contribution in [0.1, 0.15) is 34.0 Å². The zero-order valence-electron chi connectivity index (χ0n) is 9.70. The molecule has 0 amide bonds. The maximum Gasteiger partial charge on any atom is 0.348 e. The van der Waals surface area contributed by atoms with Gasteiger partial charge in [0.25, 0.3) is 0 Å². The molecule has 3 N–H and O–H groups in total. The Morgan fingerprint density at radius 1 is 1.39 bits per heavy atom. The van der Waals surface area contributed by atoms with Gasteiger partial charge in [-0.25, -0.2) is 4.79 Å². The Hall–Kier alpha value is -1.44. The quantitative estimate of drug-likeness (QED) is 0.663. The first kappa shape index (κ1) is 14.6. The number of thiophene rings is 1. The van der Waals surface area contributed by atoms with Crippen molar-refractivity contribution in [1.29, 1.82) is 0 Å². The Balaban J connectivity index is 2.72. The molecule has 18 heavy (non-hydrogen) atoms. The van der Waals surface area contributed by atoms with E-state index in [0.29, 0.717) is 9.75 Å². The summed E-state index contributed by atoms with van der Waals surface area (Å²) in [5.41, 5.74) is 0. The number of carbonyl (C=O) groups excluding carboxylic acids is 1. The number of hydrogen-bond donors (Lipinski definition) is 3. The highest BCUT2D eigenvalue weighted by Gasteiger charge is 2.23. The van der Waals surface area contributed by atoms with Crippen molar-refractivity contribution >= 4 is 23.3 Å². The summed E-state index contributed by atoms with van der Waals surface area (Å²) in [7, 11) is 0. The zero-order chi connectivity index (χ0) is 13.7. The van der Waals surface area contributed by atoms with Crippen LogP contribution in [-0.4, -0.2) is 40.0 Å². The number of aliphatic hydroxyl groups excluding tert-OH is 2. The first-order valence-electron chi connectivity index (χ1n) is 5.30. The molecule has 6 nitrogen and oxygen atoms in total. The fourth-order valence-corrected chi connectivity index (χ4v) is 2.25. The molecule has 100 valence electrons. The van der Waals surface area contributed by atoms with Crippen LogP contribution in [0.4, 0.5) is 0 Å². The van der Waals surface area contributed by atoms with Gasteiger partial charge in [-0.05, 0) is 19.1 Å². The summed E-state index contributed by atoms with van der Waals surface area (Å²) in [6.45, 7) is 1.92. The van der Waals surface area contributed by atoms with E-state index < -0.39 is 30.6 Å². The van der Waals surface area contributed by atoms with Crippen molar-refractivity contribution in [2.75, 3.05) is 6.61 Å². The highest BCUT2D eigenvalue weighted by atomic mass is 32.1. The highest BCUT2D eigenvalue weighted by Crippen LogP contribution is 2.27. The summed E-state index contributed by atoms with van der Waals surface area (Å²) < 4.78 is 4.78. The monoisotopic (exact) mass is 274 g/mol. The number of ether oxygens (including phenoxy) is 1. The van der Waals surface area contributed by atoms with Crippen LogP contribution in [0.5, 0.6) is 0 Å². The molecule has 2 atom stereocenters. The van der Waals surface area contributed by atoms with Crippen molar-refractivity contribution in [3.8, 4) is 0 Å². The molecule has 0 radical (unpaired) electrons. The molecule has 1 aromatic rings. The molecule has 1 aromatic heterocycles. The van der Waals surface area contributed by atoms with Crippen molar-refractivity contribution in [1.82, 2.24) is 0 Å². The lowest BCUT2D eigenvalue weighted by atomic mass is 10.1. The van der Waals surface area contributed by atoms with Crippen LogP contribution in [0, 0.1) is 0 Å². The van der Waals surface area contributed by atoms with Gasteiger partial charge in [0, 0.05) is 4.88 Å². The van der Waals surface area contributed by atoms with E-state index in [0.717, 1.165) is 11.3 Å². The Bertz CT molecular complexity index is 427. The number of aliphatic carboxylic acids is 1. The van der Waals surface area contributed by atoms with E-state index in [1.54, 1.807) is 6.92 Å². The number of carboxylic acid groups (broad SMARTS) is 1. The first-order valence-corrected chi connectivity index (χ1v) is 6.12. The van der Waals surface area contributed by atoms with Gasteiger partial charge in [-0.2, -0.15) is 0 Å². The largest absolute Gasteiger partial charge is 0.481 e. The molecule has 7 heteroatoms. The SMILES string of the molecule is CCOC(=O)c1ccc(C(O)C(O)CC(=O)O)s1. The molecule has 0 aliphatic carbocycles. The summed E-state index contributed by atoms with van der Waals surface area (Å²) in [4.78, 5) is 22.4. The van der Waals surface area contributed by atoms with E-state index in [-0.39, 0.29) is 6.61 Å². The van der Waals surface area contributed by atoms with Gasteiger partial charge >= 0.3 is 11.9 Å². The van der Waals surface area contributed by atoms with Gasteiger partial charge in [0.2, 0.25) is 0 Å². The molecule has 1 heterocycles. The van der Waals surface area contributed by atoms with Crippen LogP contribution in [0.25, 0.3) is 0 Å². The van der Waals surface area contributed by atoms with E-state index >= 15 is 0 Å². The zero-order valence-corrected chi connectivity index (χ0v) is 10.5. The average molecular weight is 274 g/mol. The van der Waals surface area contributed by atoms with E-state index in [9.17, 15) is 19.8 Å². The molecule has 0 spiro atoms. The maximum absolute atomic E-state index is 11.4. The Morgan fingerprint density at radius 2 is 2.06 bits per heavy atom. The van der Waals surface area contributed by atoms with Gasteiger partial charge in [-0.1, -0.05) is 0 Å². The minimum Gasteiger partial charge on any atom is -0.481 e. The fraction of sp³-hybridized carbons (Fsp3) is 0.455. The number of hydrogen-bond acceptors (Lipinski definition) is 6. The molecule has 0 bridgehead atoms. The fourth-order valence-electron chi connectivity index (χ4n) is 1.30. The van der Waals surface area contributed by atoms with Gasteiger partial charge in [-0.3, -0.25) is 4.79 Å². The molecule has 1 rings (SSSR count). The highest BCUT2D eigenvalue weighted by molar-refractivity contribution is 7.14. The van der Waals surface area contributed by atoms with Gasteiger partial charge < -0.3 is 20.1 Å². The smallest absolute Gasteiger partial charge is 0.348 e. The van der Waals surface area contributed by atoms with Crippen molar-refractivity contribution in [3.05, 3.63) is 21.9 Å². The second-order valence-electron chi connectivity index (χ2n) is 3.53. The van der Waals surface area contributed by atoms with Gasteiger partial charge in [0.05, 0.1) is 19.1 Å². The second-order valence-corrected chi connectivity index (χ2v) is 4.65. The molecular weight excluding hydrogens is 260 g/mol. The third-order valence-corrected chi connectivity index (χ3v) is 3.28. The van der Waals surface area contributed by atoms with Crippen molar-refractivity contribution in [2.45, 2.75) is 25.6 Å². The molecule has 2 unspecified atom stereocenters. The number of aliphatic hydroxyl groups is 2. The molecule has 0 fully saturated rings. The van der Waals surface area contributed by atoms with Crippen LogP contribution >= 0.6 is 11.3 Å². The maximum atomic E-state index is 11.4. The molecule has 0 aliphatic rings. The van der Waals surface area contributed by atoms with E-state index in [4.69, 9.17) is 9.84 Å². The summed E-state index contributed by atoms with van der Waals surface area (Å²) in [6.07, 6.45) is -3.29. The first-order chi connectivity index (χ1) is 8.45. The number of carbonyl (C=O) groups is 2. The van der Waals surface area contributed by atoms with Crippen molar-refractivity contribution < 1.29 is 29.6 Å².